The predicted octanol–water partition coefficient (Wildman–Crippen LogP) is 4.65. The lowest BCUT2D eigenvalue weighted by Crippen LogP contribution is -2.10. The van der Waals surface area contributed by atoms with Gasteiger partial charge in [0.2, 0.25) is 5.91 Å². The maximum Gasteiger partial charge on any atom is 0.248 e. The fourth-order valence-electron chi connectivity index (χ4n) is 2.21. The predicted molar refractivity (Wildman–Crippen MR) is 107 cm³/mol. The molecular formula is C19H13BrN4OS. The third-order valence-corrected chi connectivity index (χ3v) is 4.90. The van der Waals surface area contributed by atoms with E-state index in [9.17, 15) is 10.1 Å². The molecule has 0 atom stereocenters. The van der Waals surface area contributed by atoms with Crippen LogP contribution in [0.25, 0.3) is 16.8 Å². The van der Waals surface area contributed by atoms with Gasteiger partial charge >= 0.3 is 0 Å². The van der Waals surface area contributed by atoms with Gasteiger partial charge in [-0.1, -0.05) is 28.1 Å². The van der Waals surface area contributed by atoms with E-state index in [-0.39, 0.29) is 0 Å². The summed E-state index contributed by atoms with van der Waals surface area (Å²) in [5.41, 5.74) is 8.62. The number of aromatic nitrogens is 1. The molecule has 1 heterocycles. The average molecular weight is 425 g/mol. The highest BCUT2D eigenvalue weighted by Gasteiger charge is 2.09. The minimum atomic E-state index is -0.479. The lowest BCUT2D eigenvalue weighted by Gasteiger charge is -2.02. The minimum Gasteiger partial charge on any atom is -0.366 e. The number of halogens is 1. The van der Waals surface area contributed by atoms with Gasteiger partial charge in [0.25, 0.3) is 0 Å². The first kappa shape index (κ1) is 17.9. The smallest absolute Gasteiger partial charge is 0.248 e. The number of primary amides is 1. The van der Waals surface area contributed by atoms with Gasteiger partial charge in [-0.2, -0.15) is 5.26 Å². The van der Waals surface area contributed by atoms with Crippen LogP contribution < -0.4 is 11.1 Å². The molecule has 1 aromatic heterocycles. The van der Waals surface area contributed by atoms with Crippen LogP contribution in [-0.2, 0) is 0 Å². The second kappa shape index (κ2) is 7.95. The highest BCUT2D eigenvalue weighted by molar-refractivity contribution is 9.10. The number of allylic oxidation sites excluding steroid dienone is 1. The van der Waals surface area contributed by atoms with Crippen molar-refractivity contribution in [3.63, 3.8) is 0 Å². The van der Waals surface area contributed by atoms with E-state index in [1.54, 1.807) is 30.5 Å². The lowest BCUT2D eigenvalue weighted by molar-refractivity contribution is 0.100. The van der Waals surface area contributed by atoms with E-state index in [2.05, 4.69) is 32.3 Å². The van der Waals surface area contributed by atoms with Crippen LogP contribution in [0.3, 0.4) is 0 Å². The zero-order chi connectivity index (χ0) is 18.5. The Labute approximate surface area is 162 Å². The van der Waals surface area contributed by atoms with Gasteiger partial charge in [0, 0.05) is 32.9 Å². The number of rotatable bonds is 5. The van der Waals surface area contributed by atoms with E-state index in [1.807, 2.05) is 29.6 Å². The van der Waals surface area contributed by atoms with Crippen LogP contribution in [0.1, 0.15) is 15.4 Å². The largest absolute Gasteiger partial charge is 0.366 e. The molecule has 3 N–H and O–H groups in total. The van der Waals surface area contributed by atoms with Gasteiger partial charge in [0.1, 0.15) is 16.6 Å². The quantitative estimate of drug-likeness (QED) is 0.583. The summed E-state index contributed by atoms with van der Waals surface area (Å²) in [6, 6.07) is 16.7. The van der Waals surface area contributed by atoms with Crippen molar-refractivity contribution in [3.8, 4) is 17.3 Å². The molecule has 128 valence electrons. The molecule has 0 radical (unpaired) electrons. The van der Waals surface area contributed by atoms with Crippen molar-refractivity contribution in [2.45, 2.75) is 0 Å². The first-order valence-corrected chi connectivity index (χ1v) is 9.22. The van der Waals surface area contributed by atoms with Gasteiger partial charge in [-0.15, -0.1) is 11.3 Å². The van der Waals surface area contributed by atoms with E-state index < -0.39 is 5.91 Å². The molecule has 0 spiro atoms. The summed E-state index contributed by atoms with van der Waals surface area (Å²) >= 11 is 4.85. The Kier molecular flexibility index (Phi) is 5.46. The molecule has 0 aliphatic heterocycles. The number of nitrogens with two attached hydrogens (primary N) is 1. The van der Waals surface area contributed by atoms with Crippen molar-refractivity contribution in [1.29, 1.82) is 5.26 Å². The second-order valence-electron chi connectivity index (χ2n) is 5.30. The number of hydrogen-bond donors (Lipinski definition) is 2. The minimum absolute atomic E-state index is 0.426. The normalized spacial score (nSPS) is 11.0. The summed E-state index contributed by atoms with van der Waals surface area (Å²) in [6.45, 7) is 0. The van der Waals surface area contributed by atoms with Crippen LogP contribution in [0, 0.1) is 11.3 Å². The number of carbonyl (C=O) groups excluding carboxylic acids is 1. The van der Waals surface area contributed by atoms with Crippen molar-refractivity contribution in [2.24, 2.45) is 5.73 Å². The molecule has 26 heavy (non-hydrogen) atoms. The molecular weight excluding hydrogens is 412 g/mol. The molecule has 0 aliphatic rings. The maximum atomic E-state index is 11.1. The zero-order valence-corrected chi connectivity index (χ0v) is 15.8. The standard InChI is InChI=1S/C19H13BrN4OS/c20-15-3-1-2-13(8-15)17-11-26-19(24-17)14(9-21)10-23-16-6-4-12(5-7-16)18(22)25/h1-8,10-11,23H,(H2,22,25)/b14-10-. The van der Waals surface area contributed by atoms with Gasteiger partial charge < -0.3 is 11.1 Å². The van der Waals surface area contributed by atoms with Crippen molar-refractivity contribution in [3.05, 3.63) is 75.2 Å². The lowest BCUT2D eigenvalue weighted by atomic mass is 10.2. The molecule has 0 fully saturated rings. The van der Waals surface area contributed by atoms with E-state index in [0.29, 0.717) is 16.1 Å². The molecule has 0 saturated heterocycles. The SMILES string of the molecule is N#C/C(=C/Nc1ccc(C(N)=O)cc1)c1nc(-c2cccc(Br)c2)cs1. The molecule has 0 saturated carbocycles. The van der Waals surface area contributed by atoms with Crippen molar-refractivity contribution in [1.82, 2.24) is 4.98 Å². The van der Waals surface area contributed by atoms with Crippen LogP contribution in [0.2, 0.25) is 0 Å². The number of carbonyl (C=O) groups is 1. The molecule has 3 aromatic rings. The first-order chi connectivity index (χ1) is 12.6. The van der Waals surface area contributed by atoms with Gasteiger partial charge in [0.05, 0.1) is 5.69 Å². The van der Waals surface area contributed by atoms with Crippen molar-refractivity contribution in [2.75, 3.05) is 5.32 Å². The van der Waals surface area contributed by atoms with Gasteiger partial charge in [-0.05, 0) is 36.4 Å². The van der Waals surface area contributed by atoms with E-state index in [0.717, 1.165) is 21.4 Å². The summed E-state index contributed by atoms with van der Waals surface area (Å²) in [4.78, 5) is 15.6. The number of hydrogen-bond acceptors (Lipinski definition) is 5. The Morgan fingerprint density at radius 2 is 2.04 bits per heavy atom. The molecule has 3 rings (SSSR count). The van der Waals surface area contributed by atoms with Gasteiger partial charge in [-0.3, -0.25) is 4.79 Å². The number of nitriles is 1. The first-order valence-electron chi connectivity index (χ1n) is 7.55. The molecule has 1 amide bonds. The Morgan fingerprint density at radius 3 is 2.69 bits per heavy atom. The Hall–Kier alpha value is -2.95. The highest BCUT2D eigenvalue weighted by Crippen LogP contribution is 2.27. The molecule has 2 aromatic carbocycles. The van der Waals surface area contributed by atoms with Gasteiger partial charge in [0.15, 0.2) is 0 Å². The number of nitrogens with one attached hydrogen (secondary N) is 1. The van der Waals surface area contributed by atoms with Crippen LogP contribution in [0.5, 0.6) is 0 Å². The summed E-state index contributed by atoms with van der Waals surface area (Å²) in [5.74, 6) is -0.479. The molecule has 0 aliphatic carbocycles. The number of anilines is 1. The van der Waals surface area contributed by atoms with E-state index >= 15 is 0 Å². The summed E-state index contributed by atoms with van der Waals surface area (Å²) in [6.07, 6.45) is 1.60. The number of thiazole rings is 1. The molecule has 0 unspecified atom stereocenters. The molecule has 0 bridgehead atoms. The maximum absolute atomic E-state index is 11.1. The Bertz CT molecular complexity index is 1020. The monoisotopic (exact) mass is 424 g/mol. The fraction of sp³-hybridized carbons (Fsp3) is 0. The number of amides is 1. The van der Waals surface area contributed by atoms with Gasteiger partial charge in [-0.25, -0.2) is 4.98 Å². The average Bonchev–Trinajstić information content (AvgIpc) is 3.13. The van der Waals surface area contributed by atoms with Crippen molar-refractivity contribution >= 4 is 44.4 Å². The molecule has 5 nitrogen and oxygen atoms in total. The fourth-order valence-corrected chi connectivity index (χ4v) is 3.40. The van der Waals surface area contributed by atoms with E-state index in [1.165, 1.54) is 11.3 Å². The van der Waals surface area contributed by atoms with Crippen LogP contribution in [0.15, 0.2) is 64.6 Å². The van der Waals surface area contributed by atoms with Crippen LogP contribution >= 0.6 is 27.3 Å². The zero-order valence-electron chi connectivity index (χ0n) is 13.4. The van der Waals surface area contributed by atoms with Crippen molar-refractivity contribution < 1.29 is 4.79 Å². The Morgan fingerprint density at radius 1 is 1.27 bits per heavy atom. The summed E-state index contributed by atoms with van der Waals surface area (Å²) in [5, 5.41) is 15.0. The Balaban J connectivity index is 1.79. The highest BCUT2D eigenvalue weighted by atomic mass is 79.9. The third-order valence-electron chi connectivity index (χ3n) is 3.53. The topological polar surface area (TPSA) is 91.8 Å². The second-order valence-corrected chi connectivity index (χ2v) is 7.08. The van der Waals surface area contributed by atoms with Crippen LogP contribution in [0.4, 0.5) is 5.69 Å². The van der Waals surface area contributed by atoms with Crippen LogP contribution in [-0.4, -0.2) is 10.9 Å². The van der Waals surface area contributed by atoms with E-state index in [4.69, 9.17) is 5.73 Å². The third kappa shape index (κ3) is 4.17. The molecule has 7 heteroatoms. The summed E-state index contributed by atoms with van der Waals surface area (Å²) < 4.78 is 0.974. The number of nitrogens with zero attached hydrogens (tertiary/aromatic N) is 2. The number of benzene rings is 2. The summed E-state index contributed by atoms with van der Waals surface area (Å²) in [7, 11) is 0.